The molecular weight excluding hydrogens is 210 g/mol. The highest BCUT2D eigenvalue weighted by molar-refractivity contribution is 5.50. The maximum Gasteiger partial charge on any atom is 0.0739 e. The van der Waals surface area contributed by atoms with E-state index in [1.165, 1.54) is 18.4 Å². The zero-order valence-corrected chi connectivity index (χ0v) is 9.82. The Morgan fingerprint density at radius 1 is 1.12 bits per heavy atom. The Kier molecular flexibility index (Phi) is 2.39. The lowest BCUT2D eigenvalue weighted by molar-refractivity contribution is 0.518. The van der Waals surface area contributed by atoms with E-state index in [1.54, 1.807) is 6.20 Å². The van der Waals surface area contributed by atoms with Crippen molar-refractivity contribution in [1.82, 2.24) is 10.2 Å². The maximum absolute atomic E-state index is 6.05. The van der Waals surface area contributed by atoms with Gasteiger partial charge in [0.2, 0.25) is 0 Å². The van der Waals surface area contributed by atoms with E-state index in [0.29, 0.717) is 0 Å². The number of aromatic amines is 1. The molecule has 0 aliphatic heterocycles. The fraction of sp³-hybridized carbons (Fsp3) is 0.357. The van der Waals surface area contributed by atoms with Crippen LogP contribution in [0.2, 0.25) is 0 Å². The molecule has 0 saturated heterocycles. The van der Waals surface area contributed by atoms with Gasteiger partial charge in [-0.3, -0.25) is 5.10 Å². The molecule has 0 radical (unpaired) electrons. The first-order valence-electron chi connectivity index (χ1n) is 6.18. The summed E-state index contributed by atoms with van der Waals surface area (Å²) in [4.78, 5) is 0. The van der Waals surface area contributed by atoms with Crippen LogP contribution in [0.4, 0.5) is 5.69 Å². The molecule has 0 amide bonds. The molecule has 0 spiro atoms. The van der Waals surface area contributed by atoms with Gasteiger partial charge in [-0.1, -0.05) is 43.2 Å². The minimum Gasteiger partial charge on any atom is -0.396 e. The van der Waals surface area contributed by atoms with Crippen LogP contribution in [-0.4, -0.2) is 10.2 Å². The normalized spacial score (nSPS) is 18.4. The van der Waals surface area contributed by atoms with Crippen molar-refractivity contribution in [2.75, 3.05) is 5.73 Å². The summed E-state index contributed by atoms with van der Waals surface area (Å²) in [7, 11) is 0. The molecule has 1 aromatic carbocycles. The third-order valence-corrected chi connectivity index (χ3v) is 3.93. The molecule has 3 rings (SSSR count). The summed E-state index contributed by atoms with van der Waals surface area (Å²) in [6.45, 7) is 0. The fourth-order valence-electron chi connectivity index (χ4n) is 3.10. The van der Waals surface area contributed by atoms with Crippen LogP contribution in [0.25, 0.3) is 0 Å². The number of aromatic nitrogens is 2. The summed E-state index contributed by atoms with van der Waals surface area (Å²) in [5.41, 5.74) is 9.35. The zero-order valence-electron chi connectivity index (χ0n) is 9.82. The van der Waals surface area contributed by atoms with Crippen molar-refractivity contribution in [1.29, 1.82) is 0 Å². The quantitative estimate of drug-likeness (QED) is 0.828. The standard InChI is InChI=1S/C14H17N3/c15-12-10-16-17-13(12)14(8-4-5-9-14)11-6-2-1-3-7-11/h1-3,6-7,10H,4-5,8-9,15H2,(H,16,17). The highest BCUT2D eigenvalue weighted by Gasteiger charge is 2.39. The summed E-state index contributed by atoms with van der Waals surface area (Å²) in [6.07, 6.45) is 6.55. The van der Waals surface area contributed by atoms with E-state index in [1.807, 2.05) is 0 Å². The van der Waals surface area contributed by atoms with Crippen molar-refractivity contribution >= 4 is 5.69 Å². The van der Waals surface area contributed by atoms with Gasteiger partial charge in [-0.2, -0.15) is 5.10 Å². The van der Waals surface area contributed by atoms with E-state index in [-0.39, 0.29) is 5.41 Å². The molecule has 1 heterocycles. The third kappa shape index (κ3) is 1.54. The molecule has 2 aromatic rings. The monoisotopic (exact) mass is 227 g/mol. The Morgan fingerprint density at radius 3 is 2.41 bits per heavy atom. The Balaban J connectivity index is 2.14. The summed E-state index contributed by atoms with van der Waals surface area (Å²) in [5.74, 6) is 0. The van der Waals surface area contributed by atoms with Crippen molar-refractivity contribution in [3.8, 4) is 0 Å². The summed E-state index contributed by atoms with van der Waals surface area (Å²) in [5, 5.41) is 7.20. The van der Waals surface area contributed by atoms with Gasteiger partial charge in [0, 0.05) is 5.41 Å². The molecule has 3 nitrogen and oxygen atoms in total. The van der Waals surface area contributed by atoms with E-state index in [4.69, 9.17) is 5.73 Å². The number of nitrogen functional groups attached to an aromatic ring is 1. The lowest BCUT2D eigenvalue weighted by Gasteiger charge is -2.29. The third-order valence-electron chi connectivity index (χ3n) is 3.93. The van der Waals surface area contributed by atoms with Gasteiger partial charge in [0.05, 0.1) is 17.6 Å². The minimum absolute atomic E-state index is 0.0574. The second-order valence-corrected chi connectivity index (χ2v) is 4.86. The van der Waals surface area contributed by atoms with Crippen LogP contribution in [0.5, 0.6) is 0 Å². The van der Waals surface area contributed by atoms with Gasteiger partial charge >= 0.3 is 0 Å². The van der Waals surface area contributed by atoms with Crippen molar-refractivity contribution in [3.05, 3.63) is 47.8 Å². The van der Waals surface area contributed by atoms with Gasteiger partial charge < -0.3 is 5.73 Å². The van der Waals surface area contributed by atoms with Crippen LogP contribution < -0.4 is 5.73 Å². The van der Waals surface area contributed by atoms with Crippen LogP contribution in [0.1, 0.15) is 36.9 Å². The molecule has 1 saturated carbocycles. The Morgan fingerprint density at radius 2 is 1.82 bits per heavy atom. The summed E-state index contributed by atoms with van der Waals surface area (Å²) in [6, 6.07) is 10.7. The maximum atomic E-state index is 6.05. The van der Waals surface area contributed by atoms with Gasteiger partial charge in [0.1, 0.15) is 0 Å². The van der Waals surface area contributed by atoms with Gasteiger partial charge in [-0.25, -0.2) is 0 Å². The molecule has 0 unspecified atom stereocenters. The first-order valence-corrected chi connectivity index (χ1v) is 6.18. The first-order chi connectivity index (χ1) is 8.33. The number of benzene rings is 1. The van der Waals surface area contributed by atoms with Crippen LogP contribution in [0.3, 0.4) is 0 Å². The second-order valence-electron chi connectivity index (χ2n) is 4.86. The molecular formula is C14H17N3. The van der Waals surface area contributed by atoms with Crippen LogP contribution >= 0.6 is 0 Å². The van der Waals surface area contributed by atoms with E-state index in [0.717, 1.165) is 24.2 Å². The smallest absolute Gasteiger partial charge is 0.0739 e. The van der Waals surface area contributed by atoms with Gasteiger partial charge in [0.15, 0.2) is 0 Å². The van der Waals surface area contributed by atoms with Gasteiger partial charge in [-0.15, -0.1) is 0 Å². The molecule has 1 aromatic heterocycles. The second kappa shape index (κ2) is 3.91. The predicted octanol–water partition coefficient (Wildman–Crippen LogP) is 2.85. The Bertz CT molecular complexity index is 495. The molecule has 0 bridgehead atoms. The first kappa shape index (κ1) is 10.4. The molecule has 0 atom stereocenters. The molecule has 88 valence electrons. The van der Waals surface area contributed by atoms with E-state index < -0.39 is 0 Å². The van der Waals surface area contributed by atoms with Gasteiger partial charge in [0.25, 0.3) is 0 Å². The number of nitrogens with one attached hydrogen (secondary N) is 1. The van der Waals surface area contributed by atoms with E-state index in [9.17, 15) is 0 Å². The minimum atomic E-state index is 0.0574. The molecule has 3 N–H and O–H groups in total. The largest absolute Gasteiger partial charge is 0.396 e. The Hall–Kier alpha value is -1.77. The molecule has 17 heavy (non-hydrogen) atoms. The van der Waals surface area contributed by atoms with Crippen molar-refractivity contribution < 1.29 is 0 Å². The number of rotatable bonds is 2. The lowest BCUT2D eigenvalue weighted by Crippen LogP contribution is -2.25. The number of nitrogens with zero attached hydrogens (tertiary/aromatic N) is 1. The molecule has 1 aliphatic rings. The van der Waals surface area contributed by atoms with E-state index >= 15 is 0 Å². The number of nitrogens with two attached hydrogens (primary N) is 1. The highest BCUT2D eigenvalue weighted by Crippen LogP contribution is 2.47. The predicted molar refractivity (Wildman–Crippen MR) is 68.7 cm³/mol. The molecule has 3 heteroatoms. The van der Waals surface area contributed by atoms with Gasteiger partial charge in [-0.05, 0) is 18.4 Å². The zero-order chi connectivity index (χ0) is 11.7. The highest BCUT2D eigenvalue weighted by atomic mass is 15.1. The summed E-state index contributed by atoms with van der Waals surface area (Å²) >= 11 is 0. The van der Waals surface area contributed by atoms with Crippen LogP contribution in [0, 0.1) is 0 Å². The van der Waals surface area contributed by atoms with Crippen molar-refractivity contribution in [2.45, 2.75) is 31.1 Å². The van der Waals surface area contributed by atoms with Crippen molar-refractivity contribution in [3.63, 3.8) is 0 Å². The number of anilines is 1. The van der Waals surface area contributed by atoms with Crippen molar-refractivity contribution in [2.24, 2.45) is 0 Å². The average molecular weight is 227 g/mol. The molecule has 1 fully saturated rings. The number of hydrogen-bond acceptors (Lipinski definition) is 2. The number of H-pyrrole nitrogens is 1. The number of hydrogen-bond donors (Lipinski definition) is 2. The van der Waals surface area contributed by atoms with Crippen LogP contribution in [-0.2, 0) is 5.41 Å². The topological polar surface area (TPSA) is 54.7 Å². The SMILES string of the molecule is Nc1cn[nH]c1C1(c2ccccc2)CCCC1. The van der Waals surface area contributed by atoms with Crippen LogP contribution in [0.15, 0.2) is 36.5 Å². The fourth-order valence-corrected chi connectivity index (χ4v) is 3.10. The summed E-state index contributed by atoms with van der Waals surface area (Å²) < 4.78 is 0. The molecule has 1 aliphatic carbocycles. The lowest BCUT2D eigenvalue weighted by atomic mass is 9.75. The average Bonchev–Trinajstić information content (AvgIpc) is 2.99. The Labute approximate surface area is 101 Å². The van der Waals surface area contributed by atoms with E-state index in [2.05, 4.69) is 40.5 Å².